The summed E-state index contributed by atoms with van der Waals surface area (Å²) >= 11 is 0. The van der Waals surface area contributed by atoms with Gasteiger partial charge in [0.05, 0.1) is 18.9 Å². The molecule has 1 aromatic carbocycles. The van der Waals surface area contributed by atoms with Crippen LogP contribution in [0.15, 0.2) is 18.2 Å². The average Bonchev–Trinajstić information content (AvgIpc) is 2.28. The number of methoxy groups -OCH3 is 1. The molecule has 1 atom stereocenters. The van der Waals surface area contributed by atoms with Crippen LogP contribution in [0, 0.1) is 24.2 Å². The second-order valence-corrected chi connectivity index (χ2v) is 3.81. The number of alkyl halides is 3. The largest absolute Gasteiger partial charge is 0.495 e. The van der Waals surface area contributed by atoms with E-state index in [0.717, 1.165) is 5.56 Å². The summed E-state index contributed by atoms with van der Waals surface area (Å²) in [5.74, 6) is -1.60. The van der Waals surface area contributed by atoms with Crippen LogP contribution < -0.4 is 10.1 Å². The van der Waals surface area contributed by atoms with E-state index in [1.165, 1.54) is 13.2 Å². The molecule has 0 aromatic heterocycles. The van der Waals surface area contributed by atoms with Gasteiger partial charge in [-0.15, -0.1) is 0 Å². The molecule has 0 saturated carbocycles. The Morgan fingerprint density at radius 2 is 2.11 bits per heavy atom. The normalized spacial score (nSPS) is 12.7. The Bertz CT molecular complexity index is 452. The molecule has 1 rings (SSSR count). The highest BCUT2D eigenvalue weighted by Crippen LogP contribution is 2.29. The van der Waals surface area contributed by atoms with Gasteiger partial charge in [0.15, 0.2) is 5.92 Å². The van der Waals surface area contributed by atoms with Crippen LogP contribution in [0.3, 0.4) is 0 Å². The summed E-state index contributed by atoms with van der Waals surface area (Å²) in [6, 6.07) is 6.35. The first-order chi connectivity index (χ1) is 8.38. The molecule has 98 valence electrons. The van der Waals surface area contributed by atoms with Crippen molar-refractivity contribution in [3.63, 3.8) is 0 Å². The molecule has 18 heavy (non-hydrogen) atoms. The van der Waals surface area contributed by atoms with Gasteiger partial charge in [0.2, 0.25) is 0 Å². The van der Waals surface area contributed by atoms with Crippen molar-refractivity contribution in [1.29, 1.82) is 5.26 Å². The van der Waals surface area contributed by atoms with E-state index < -0.39 is 18.6 Å². The molecule has 0 heterocycles. The van der Waals surface area contributed by atoms with Crippen molar-refractivity contribution < 1.29 is 17.9 Å². The Balaban J connectivity index is 2.80. The molecule has 1 N–H and O–H groups in total. The van der Waals surface area contributed by atoms with E-state index in [4.69, 9.17) is 10.00 Å². The van der Waals surface area contributed by atoms with E-state index >= 15 is 0 Å². The number of nitrogens with one attached hydrogen (secondary N) is 1. The lowest BCUT2D eigenvalue weighted by molar-refractivity contribution is -0.155. The minimum absolute atomic E-state index is 0.444. The smallest absolute Gasteiger partial charge is 0.406 e. The maximum absolute atomic E-state index is 12.4. The van der Waals surface area contributed by atoms with Crippen LogP contribution in [-0.2, 0) is 0 Å². The summed E-state index contributed by atoms with van der Waals surface area (Å²) in [5, 5.41) is 11.1. The first-order valence-electron chi connectivity index (χ1n) is 5.23. The number of anilines is 1. The van der Waals surface area contributed by atoms with Crippen LogP contribution in [0.25, 0.3) is 0 Å². The number of hydrogen-bond donors (Lipinski definition) is 1. The topological polar surface area (TPSA) is 45.0 Å². The van der Waals surface area contributed by atoms with Crippen molar-refractivity contribution in [2.45, 2.75) is 13.1 Å². The lowest BCUT2D eigenvalue weighted by Gasteiger charge is -2.16. The fraction of sp³-hybridized carbons (Fsp3) is 0.417. The Hall–Kier alpha value is -1.90. The summed E-state index contributed by atoms with van der Waals surface area (Å²) < 4.78 is 42.2. The highest BCUT2D eigenvalue weighted by atomic mass is 19.4. The summed E-state index contributed by atoms with van der Waals surface area (Å²) in [5.41, 5.74) is 1.33. The van der Waals surface area contributed by atoms with E-state index in [0.29, 0.717) is 11.4 Å². The van der Waals surface area contributed by atoms with Crippen molar-refractivity contribution in [2.75, 3.05) is 19.0 Å². The average molecular weight is 258 g/mol. The van der Waals surface area contributed by atoms with Crippen molar-refractivity contribution in [1.82, 2.24) is 0 Å². The highest BCUT2D eigenvalue weighted by Gasteiger charge is 2.39. The molecule has 0 bridgehead atoms. The minimum Gasteiger partial charge on any atom is -0.495 e. The van der Waals surface area contributed by atoms with Gasteiger partial charge in [-0.2, -0.15) is 18.4 Å². The van der Waals surface area contributed by atoms with Crippen molar-refractivity contribution in [3.8, 4) is 11.8 Å². The van der Waals surface area contributed by atoms with Gasteiger partial charge >= 0.3 is 6.18 Å². The van der Waals surface area contributed by atoms with Crippen LogP contribution in [0.4, 0.5) is 18.9 Å². The number of rotatable bonds is 4. The molecule has 0 amide bonds. The Labute approximate surface area is 103 Å². The predicted octanol–water partition coefficient (Wildman–Crippen LogP) is 3.12. The highest BCUT2D eigenvalue weighted by molar-refractivity contribution is 5.58. The zero-order valence-corrected chi connectivity index (χ0v) is 10.0. The maximum atomic E-state index is 12.4. The van der Waals surface area contributed by atoms with Gasteiger partial charge in [-0.1, -0.05) is 6.07 Å². The molecule has 0 aliphatic heterocycles. The fourth-order valence-corrected chi connectivity index (χ4v) is 1.41. The number of aryl methyl sites for hydroxylation is 1. The van der Waals surface area contributed by atoms with E-state index in [2.05, 4.69) is 5.32 Å². The molecular weight excluding hydrogens is 245 g/mol. The van der Waals surface area contributed by atoms with Crippen molar-refractivity contribution in [3.05, 3.63) is 23.8 Å². The minimum atomic E-state index is -4.53. The van der Waals surface area contributed by atoms with E-state index in [-0.39, 0.29) is 0 Å². The predicted molar refractivity (Wildman–Crippen MR) is 61.4 cm³/mol. The second-order valence-electron chi connectivity index (χ2n) is 3.81. The number of nitrogens with zero attached hydrogens (tertiary/aromatic N) is 1. The molecule has 3 nitrogen and oxygen atoms in total. The quantitative estimate of drug-likeness (QED) is 0.902. The second kappa shape index (κ2) is 5.63. The number of benzene rings is 1. The molecule has 6 heteroatoms. The monoisotopic (exact) mass is 258 g/mol. The van der Waals surface area contributed by atoms with Crippen LogP contribution in [0.2, 0.25) is 0 Å². The molecular formula is C12H13F3N2O. The van der Waals surface area contributed by atoms with Gasteiger partial charge in [0.1, 0.15) is 5.75 Å². The summed E-state index contributed by atoms with van der Waals surface area (Å²) in [6.45, 7) is 1.32. The molecule has 0 spiro atoms. The van der Waals surface area contributed by atoms with Crippen LogP contribution in [-0.4, -0.2) is 19.8 Å². The van der Waals surface area contributed by atoms with Gasteiger partial charge in [-0.3, -0.25) is 0 Å². The first-order valence-corrected chi connectivity index (χ1v) is 5.23. The lowest BCUT2D eigenvalue weighted by atomic mass is 10.1. The number of nitriles is 1. The molecule has 1 aromatic rings. The van der Waals surface area contributed by atoms with Gasteiger partial charge in [-0.05, 0) is 24.6 Å². The van der Waals surface area contributed by atoms with Crippen LogP contribution in [0.5, 0.6) is 5.75 Å². The SMILES string of the molecule is COc1ccc(C)cc1NCC(C#N)C(F)(F)F. The third-order valence-electron chi connectivity index (χ3n) is 2.40. The zero-order chi connectivity index (χ0) is 13.8. The fourth-order valence-electron chi connectivity index (χ4n) is 1.41. The van der Waals surface area contributed by atoms with Gasteiger partial charge < -0.3 is 10.1 Å². The van der Waals surface area contributed by atoms with Crippen LogP contribution in [0.1, 0.15) is 5.56 Å². The lowest BCUT2D eigenvalue weighted by Crippen LogP contribution is -2.28. The Morgan fingerprint density at radius 3 is 2.61 bits per heavy atom. The maximum Gasteiger partial charge on any atom is 0.406 e. The molecule has 1 unspecified atom stereocenters. The zero-order valence-electron chi connectivity index (χ0n) is 10.0. The number of hydrogen-bond acceptors (Lipinski definition) is 3. The van der Waals surface area contributed by atoms with Gasteiger partial charge in [-0.25, -0.2) is 0 Å². The molecule has 0 radical (unpaired) electrons. The molecule has 0 fully saturated rings. The van der Waals surface area contributed by atoms with Gasteiger partial charge in [0, 0.05) is 6.54 Å². The third-order valence-corrected chi connectivity index (χ3v) is 2.40. The summed E-state index contributed by atoms with van der Waals surface area (Å²) in [6.07, 6.45) is -4.53. The van der Waals surface area contributed by atoms with Crippen molar-refractivity contribution in [2.24, 2.45) is 5.92 Å². The molecule has 0 aliphatic rings. The van der Waals surface area contributed by atoms with E-state index in [1.807, 2.05) is 6.92 Å². The standard InChI is InChI=1S/C12H13F3N2O/c1-8-3-4-11(18-2)10(5-8)17-7-9(6-16)12(13,14)15/h3-5,9,17H,7H2,1-2H3. The summed E-state index contributed by atoms with van der Waals surface area (Å²) in [7, 11) is 1.43. The number of halogens is 3. The summed E-state index contributed by atoms with van der Waals surface area (Å²) in [4.78, 5) is 0. The Morgan fingerprint density at radius 1 is 1.44 bits per heavy atom. The Kier molecular flexibility index (Phi) is 4.43. The first kappa shape index (κ1) is 14.2. The van der Waals surface area contributed by atoms with Crippen LogP contribution >= 0.6 is 0 Å². The van der Waals surface area contributed by atoms with Gasteiger partial charge in [0.25, 0.3) is 0 Å². The molecule has 0 saturated heterocycles. The van der Waals surface area contributed by atoms with E-state index in [1.54, 1.807) is 18.2 Å². The van der Waals surface area contributed by atoms with E-state index in [9.17, 15) is 13.2 Å². The number of ether oxygens (including phenoxy) is 1. The van der Waals surface area contributed by atoms with Crippen molar-refractivity contribution >= 4 is 5.69 Å². The molecule has 0 aliphatic carbocycles. The third kappa shape index (κ3) is 3.55.